The van der Waals surface area contributed by atoms with Gasteiger partial charge in [0.25, 0.3) is 0 Å². The summed E-state index contributed by atoms with van der Waals surface area (Å²) >= 11 is 10.5. The largest absolute Gasteiger partial charge is 0.299 e. The number of rotatable bonds is 4. The Morgan fingerprint density at radius 1 is 0.944 bits per heavy atom. The molecule has 18 heavy (non-hydrogen) atoms. The molecule has 0 radical (unpaired) electrons. The second kappa shape index (κ2) is 6.12. The molecule has 2 aliphatic carbocycles. The molecule has 0 unspecified atom stereocenters. The highest BCUT2D eigenvalue weighted by Gasteiger charge is 2.15. The minimum Gasteiger partial charge on any atom is -0.299 e. The van der Waals surface area contributed by atoms with Crippen LogP contribution < -0.4 is 0 Å². The topological polar surface area (TPSA) is 17.1 Å². The zero-order chi connectivity index (χ0) is 13.0. The fourth-order valence-corrected chi connectivity index (χ4v) is 2.44. The van der Waals surface area contributed by atoms with E-state index in [1.165, 1.54) is 0 Å². The van der Waals surface area contributed by atoms with E-state index < -0.39 is 0 Å². The van der Waals surface area contributed by atoms with Crippen LogP contribution in [0.2, 0.25) is 0 Å². The summed E-state index contributed by atoms with van der Waals surface area (Å²) in [7, 11) is 0. The van der Waals surface area contributed by atoms with E-state index >= 15 is 0 Å². The van der Waals surface area contributed by atoms with Crippen molar-refractivity contribution in [1.82, 2.24) is 0 Å². The summed E-state index contributed by atoms with van der Waals surface area (Å²) < 4.78 is 0. The molecule has 0 aliphatic heterocycles. The highest BCUT2D eigenvalue weighted by molar-refractivity contribution is 7.81. The zero-order valence-electron chi connectivity index (χ0n) is 10.0. The molecular formula is C15H14OS2. The van der Waals surface area contributed by atoms with Crippen molar-refractivity contribution >= 4 is 39.9 Å². The molecule has 0 saturated carbocycles. The van der Waals surface area contributed by atoms with Crippen LogP contribution in [0.3, 0.4) is 0 Å². The SMILES string of the molecule is O=C(CC1=CC=CCC1=S)CC1=CC=CCC1=S. The highest BCUT2D eigenvalue weighted by Crippen LogP contribution is 2.19. The van der Waals surface area contributed by atoms with E-state index in [-0.39, 0.29) is 5.78 Å². The molecule has 0 aromatic heterocycles. The molecule has 2 aliphatic rings. The third-order valence-corrected chi connectivity index (χ3v) is 3.82. The standard InChI is InChI=1S/C15H14OS2/c16-13(9-11-5-1-3-7-14(11)17)10-12-6-2-4-8-15(12)18/h1-6H,7-10H2. The quantitative estimate of drug-likeness (QED) is 0.725. The second-order valence-electron chi connectivity index (χ2n) is 4.39. The van der Waals surface area contributed by atoms with Gasteiger partial charge in [-0.3, -0.25) is 4.79 Å². The third-order valence-electron chi connectivity index (χ3n) is 2.97. The van der Waals surface area contributed by atoms with Crippen LogP contribution >= 0.6 is 24.4 Å². The molecule has 0 fully saturated rings. The molecule has 1 nitrogen and oxygen atoms in total. The van der Waals surface area contributed by atoms with Gasteiger partial charge in [-0.2, -0.15) is 0 Å². The maximum Gasteiger partial charge on any atom is 0.141 e. The van der Waals surface area contributed by atoms with Gasteiger partial charge in [-0.25, -0.2) is 0 Å². The van der Waals surface area contributed by atoms with Gasteiger partial charge in [0, 0.05) is 35.4 Å². The number of carbonyl (C=O) groups excluding carboxylic acids is 1. The number of carbonyl (C=O) groups is 1. The number of ketones is 1. The van der Waals surface area contributed by atoms with Gasteiger partial charge in [-0.05, 0) is 11.1 Å². The Hall–Kier alpha value is -1.19. The molecule has 0 atom stereocenters. The van der Waals surface area contributed by atoms with Crippen molar-refractivity contribution in [3.8, 4) is 0 Å². The van der Waals surface area contributed by atoms with Gasteiger partial charge >= 0.3 is 0 Å². The summed E-state index contributed by atoms with van der Waals surface area (Å²) in [6, 6.07) is 0. The molecule has 0 saturated heterocycles. The Kier molecular flexibility index (Phi) is 4.50. The van der Waals surface area contributed by atoms with E-state index in [0.29, 0.717) is 12.8 Å². The third kappa shape index (κ3) is 3.40. The van der Waals surface area contributed by atoms with Crippen LogP contribution in [0.4, 0.5) is 0 Å². The predicted molar refractivity (Wildman–Crippen MR) is 83.1 cm³/mol. The Morgan fingerprint density at radius 2 is 1.39 bits per heavy atom. The molecule has 0 spiro atoms. The first-order valence-corrected chi connectivity index (χ1v) is 6.78. The Morgan fingerprint density at radius 3 is 1.78 bits per heavy atom. The molecule has 0 aromatic rings. The van der Waals surface area contributed by atoms with Crippen molar-refractivity contribution in [2.24, 2.45) is 0 Å². The lowest BCUT2D eigenvalue weighted by Gasteiger charge is -2.12. The lowest BCUT2D eigenvalue weighted by molar-refractivity contribution is -0.117. The van der Waals surface area contributed by atoms with E-state index in [0.717, 1.165) is 33.7 Å². The van der Waals surface area contributed by atoms with Crippen LogP contribution in [0.15, 0.2) is 47.6 Å². The van der Waals surface area contributed by atoms with E-state index in [1.807, 2.05) is 36.5 Å². The van der Waals surface area contributed by atoms with Crippen molar-refractivity contribution < 1.29 is 4.79 Å². The smallest absolute Gasteiger partial charge is 0.141 e. The molecule has 92 valence electrons. The maximum absolute atomic E-state index is 12.0. The fourth-order valence-electron chi connectivity index (χ4n) is 1.97. The van der Waals surface area contributed by atoms with Crippen LogP contribution in [-0.4, -0.2) is 15.5 Å². The molecule has 0 bridgehead atoms. The van der Waals surface area contributed by atoms with E-state index in [1.54, 1.807) is 0 Å². The van der Waals surface area contributed by atoms with Gasteiger partial charge in [0.15, 0.2) is 0 Å². The first kappa shape index (κ1) is 13.2. The molecule has 0 amide bonds. The molecule has 0 aromatic carbocycles. The summed E-state index contributed by atoms with van der Waals surface area (Å²) in [4.78, 5) is 13.8. The van der Waals surface area contributed by atoms with Crippen molar-refractivity contribution in [3.05, 3.63) is 47.6 Å². The predicted octanol–water partition coefficient (Wildman–Crippen LogP) is 3.85. The molecule has 0 heterocycles. The van der Waals surface area contributed by atoms with E-state index in [9.17, 15) is 4.79 Å². The molecule has 3 heteroatoms. The highest BCUT2D eigenvalue weighted by atomic mass is 32.1. The van der Waals surface area contributed by atoms with Gasteiger partial charge in [0.1, 0.15) is 5.78 Å². The van der Waals surface area contributed by atoms with Gasteiger partial charge in [0.2, 0.25) is 0 Å². The lowest BCUT2D eigenvalue weighted by Crippen LogP contribution is -2.11. The van der Waals surface area contributed by atoms with Gasteiger partial charge in [-0.1, -0.05) is 60.9 Å². The van der Waals surface area contributed by atoms with Crippen LogP contribution in [0, 0.1) is 0 Å². The number of hydrogen-bond acceptors (Lipinski definition) is 3. The Bertz CT molecular complexity index is 473. The van der Waals surface area contributed by atoms with E-state index in [2.05, 4.69) is 0 Å². The Balaban J connectivity index is 1.97. The number of Topliss-reactive ketones (excluding diaryl/α,β-unsaturated/α-hetero) is 1. The van der Waals surface area contributed by atoms with Crippen molar-refractivity contribution in [1.29, 1.82) is 0 Å². The van der Waals surface area contributed by atoms with Crippen LogP contribution in [0.25, 0.3) is 0 Å². The molecular weight excluding hydrogens is 260 g/mol. The monoisotopic (exact) mass is 274 g/mol. The molecule has 2 rings (SSSR count). The first-order chi connectivity index (χ1) is 8.66. The molecule has 0 N–H and O–H groups in total. The number of hydrogen-bond donors (Lipinski definition) is 0. The first-order valence-electron chi connectivity index (χ1n) is 5.96. The number of allylic oxidation sites excluding steroid dienone is 8. The van der Waals surface area contributed by atoms with Crippen LogP contribution in [-0.2, 0) is 4.79 Å². The minimum atomic E-state index is 0.183. The minimum absolute atomic E-state index is 0.183. The van der Waals surface area contributed by atoms with Crippen molar-refractivity contribution in [3.63, 3.8) is 0 Å². The van der Waals surface area contributed by atoms with E-state index in [4.69, 9.17) is 24.4 Å². The van der Waals surface area contributed by atoms with Crippen LogP contribution in [0.5, 0.6) is 0 Å². The normalized spacial score (nSPS) is 18.7. The van der Waals surface area contributed by atoms with Crippen molar-refractivity contribution in [2.45, 2.75) is 25.7 Å². The van der Waals surface area contributed by atoms with Crippen molar-refractivity contribution in [2.75, 3.05) is 0 Å². The van der Waals surface area contributed by atoms with Crippen LogP contribution in [0.1, 0.15) is 25.7 Å². The van der Waals surface area contributed by atoms with Gasteiger partial charge in [-0.15, -0.1) is 0 Å². The average molecular weight is 274 g/mol. The summed E-state index contributed by atoms with van der Waals surface area (Å²) in [5, 5.41) is 0. The van der Waals surface area contributed by atoms with Gasteiger partial charge < -0.3 is 0 Å². The Labute approximate surface area is 118 Å². The lowest BCUT2D eigenvalue weighted by atomic mass is 9.94. The summed E-state index contributed by atoms with van der Waals surface area (Å²) in [5.74, 6) is 0.183. The zero-order valence-corrected chi connectivity index (χ0v) is 11.7. The summed E-state index contributed by atoms with van der Waals surface area (Å²) in [6.07, 6.45) is 14.2. The average Bonchev–Trinajstić information content (AvgIpc) is 2.35. The maximum atomic E-state index is 12.0. The van der Waals surface area contributed by atoms with Gasteiger partial charge in [0.05, 0.1) is 0 Å². The fraction of sp³-hybridized carbons (Fsp3) is 0.267. The second-order valence-corrected chi connectivity index (χ2v) is 5.37. The summed E-state index contributed by atoms with van der Waals surface area (Å²) in [5.41, 5.74) is 1.96. The number of thiocarbonyl (C=S) groups is 2. The summed E-state index contributed by atoms with van der Waals surface area (Å²) in [6.45, 7) is 0.